The summed E-state index contributed by atoms with van der Waals surface area (Å²) in [7, 11) is -3.58. The first-order valence-electron chi connectivity index (χ1n) is 7.35. The van der Waals surface area contributed by atoms with Crippen molar-refractivity contribution in [3.63, 3.8) is 0 Å². The van der Waals surface area contributed by atoms with Crippen LogP contribution in [0.2, 0.25) is 0 Å². The van der Waals surface area contributed by atoms with Crippen LogP contribution in [-0.4, -0.2) is 32.7 Å². The first-order chi connectivity index (χ1) is 11.7. The minimum absolute atomic E-state index is 0.0347. The van der Waals surface area contributed by atoms with Crippen LogP contribution in [0.1, 0.15) is 17.9 Å². The van der Waals surface area contributed by atoms with Gasteiger partial charge in [0.1, 0.15) is 15.8 Å². The second-order valence-electron chi connectivity index (χ2n) is 5.85. The Morgan fingerprint density at radius 2 is 1.96 bits per heavy atom. The van der Waals surface area contributed by atoms with E-state index in [2.05, 4.69) is 0 Å². The zero-order valence-corrected chi connectivity index (χ0v) is 14.7. The van der Waals surface area contributed by atoms with Crippen LogP contribution in [-0.2, 0) is 9.84 Å². The number of anilines is 1. The van der Waals surface area contributed by atoms with E-state index in [1.807, 2.05) is 0 Å². The summed E-state index contributed by atoms with van der Waals surface area (Å²) in [6.45, 7) is 0.533. The van der Waals surface area contributed by atoms with Gasteiger partial charge in [-0.05, 0) is 18.6 Å². The third kappa shape index (κ3) is 3.36. The molecule has 1 unspecified atom stereocenters. The summed E-state index contributed by atoms with van der Waals surface area (Å²) in [5.41, 5.74) is -0.340. The average Bonchev–Trinajstić information content (AvgIpc) is 3.12. The second-order valence-corrected chi connectivity index (χ2v) is 9.13. The number of halogens is 2. The predicted octanol–water partition coefficient (Wildman–Crippen LogP) is 3.33. The Bertz CT molecular complexity index is 923. The quantitative estimate of drug-likeness (QED) is 0.593. The van der Waals surface area contributed by atoms with Gasteiger partial charge in [-0.25, -0.2) is 17.2 Å². The van der Waals surface area contributed by atoms with E-state index in [1.165, 1.54) is 18.2 Å². The number of sulfone groups is 1. The Morgan fingerprint density at radius 3 is 2.52 bits per heavy atom. The molecule has 1 aromatic heterocycles. The molecule has 0 bridgehead atoms. The largest absolute Gasteiger partial charge is 0.357 e. The molecule has 1 aromatic carbocycles. The molecule has 0 saturated carbocycles. The Morgan fingerprint density at radius 1 is 1.32 bits per heavy atom. The monoisotopic (exact) mass is 388 g/mol. The Labute approximate surface area is 146 Å². The Hall–Kier alpha value is -2.07. The van der Waals surface area contributed by atoms with Crippen LogP contribution in [0.5, 0.6) is 0 Å². The lowest BCUT2D eigenvalue weighted by atomic mass is 9.97. The van der Waals surface area contributed by atoms with Crippen molar-refractivity contribution < 1.29 is 22.1 Å². The fraction of sp³-hybridized carbons (Fsp3) is 0.333. The summed E-state index contributed by atoms with van der Waals surface area (Å²) in [6, 6.07) is 4.67. The van der Waals surface area contributed by atoms with Gasteiger partial charge in [0.15, 0.2) is 14.8 Å². The zero-order chi connectivity index (χ0) is 18.4. The van der Waals surface area contributed by atoms with Gasteiger partial charge < -0.3 is 4.90 Å². The first kappa shape index (κ1) is 17.7. The molecule has 1 aliphatic rings. The number of hydrogen-bond acceptors (Lipinski definition) is 6. The highest BCUT2D eigenvalue weighted by molar-refractivity contribution is 7.92. The summed E-state index contributed by atoms with van der Waals surface area (Å²) >= 11 is 0.806. The van der Waals surface area contributed by atoms with E-state index in [0.717, 1.165) is 23.7 Å². The second kappa shape index (κ2) is 6.34. The van der Waals surface area contributed by atoms with E-state index in [-0.39, 0.29) is 27.0 Å². The number of benzene rings is 1. The Kier molecular flexibility index (Phi) is 4.50. The molecule has 3 rings (SSSR count). The topological polar surface area (TPSA) is 80.5 Å². The lowest BCUT2D eigenvalue weighted by Crippen LogP contribution is -2.19. The molecule has 1 aliphatic heterocycles. The van der Waals surface area contributed by atoms with Gasteiger partial charge >= 0.3 is 5.69 Å². The fourth-order valence-electron chi connectivity index (χ4n) is 2.97. The molecule has 1 saturated heterocycles. The SMILES string of the molecule is CS(=O)(=O)c1cc([N+](=O)[O-])c(N2CCC(c3c(F)cccc3F)C2)s1. The van der Waals surface area contributed by atoms with Gasteiger partial charge in [-0.1, -0.05) is 17.4 Å². The van der Waals surface area contributed by atoms with Gasteiger partial charge in [0.05, 0.1) is 4.92 Å². The minimum atomic E-state index is -3.58. The smallest absolute Gasteiger partial charge is 0.305 e. The van der Waals surface area contributed by atoms with Gasteiger partial charge in [-0.3, -0.25) is 10.1 Å². The van der Waals surface area contributed by atoms with E-state index in [4.69, 9.17) is 0 Å². The van der Waals surface area contributed by atoms with Crippen LogP contribution in [0.25, 0.3) is 0 Å². The maximum absolute atomic E-state index is 14.0. The highest BCUT2D eigenvalue weighted by Crippen LogP contribution is 2.43. The van der Waals surface area contributed by atoms with E-state index >= 15 is 0 Å². The molecule has 1 atom stereocenters. The molecule has 0 amide bonds. The zero-order valence-electron chi connectivity index (χ0n) is 13.1. The molecular weight excluding hydrogens is 374 g/mol. The summed E-state index contributed by atoms with van der Waals surface area (Å²) in [5.74, 6) is -1.75. The molecule has 10 heteroatoms. The molecular formula is C15H14F2N2O4S2. The molecule has 2 heterocycles. The van der Waals surface area contributed by atoms with E-state index in [9.17, 15) is 27.3 Å². The summed E-state index contributed by atoms with van der Waals surface area (Å²) < 4.78 is 51.2. The van der Waals surface area contributed by atoms with Crippen molar-refractivity contribution in [3.05, 3.63) is 51.6 Å². The first-order valence-corrected chi connectivity index (χ1v) is 10.1. The lowest BCUT2D eigenvalue weighted by Gasteiger charge is -2.16. The molecule has 2 aromatic rings. The molecule has 0 radical (unpaired) electrons. The molecule has 0 aliphatic carbocycles. The van der Waals surface area contributed by atoms with Crippen molar-refractivity contribution in [3.8, 4) is 0 Å². The predicted molar refractivity (Wildman–Crippen MR) is 90.0 cm³/mol. The third-order valence-corrected chi connectivity index (χ3v) is 7.10. The summed E-state index contributed by atoms with van der Waals surface area (Å²) in [4.78, 5) is 12.2. The minimum Gasteiger partial charge on any atom is -0.357 e. The van der Waals surface area contributed by atoms with Crippen LogP contribution < -0.4 is 4.90 Å². The number of nitro groups is 1. The van der Waals surface area contributed by atoms with Crippen LogP contribution in [0.15, 0.2) is 28.5 Å². The number of thiophene rings is 1. The number of nitrogens with zero attached hydrogens (tertiary/aromatic N) is 2. The average molecular weight is 388 g/mol. The fourth-order valence-corrected chi connectivity index (χ4v) is 5.03. The normalized spacial score (nSPS) is 17.9. The Balaban J connectivity index is 1.95. The van der Waals surface area contributed by atoms with Crippen molar-refractivity contribution >= 4 is 31.9 Å². The van der Waals surface area contributed by atoms with Crippen molar-refractivity contribution in [2.75, 3.05) is 24.2 Å². The van der Waals surface area contributed by atoms with Gasteiger partial charge in [0, 0.05) is 36.9 Å². The third-order valence-electron chi connectivity index (χ3n) is 4.12. The van der Waals surface area contributed by atoms with Gasteiger partial charge in [-0.15, -0.1) is 0 Å². The molecule has 134 valence electrons. The number of rotatable bonds is 4. The highest BCUT2D eigenvalue weighted by Gasteiger charge is 2.34. The molecule has 0 spiro atoms. The molecule has 1 fully saturated rings. The van der Waals surface area contributed by atoms with Crippen LogP contribution in [0, 0.1) is 21.7 Å². The van der Waals surface area contributed by atoms with Gasteiger partial charge in [0.2, 0.25) is 0 Å². The van der Waals surface area contributed by atoms with Crippen LogP contribution in [0.4, 0.5) is 19.5 Å². The van der Waals surface area contributed by atoms with Crippen LogP contribution in [0.3, 0.4) is 0 Å². The summed E-state index contributed by atoms with van der Waals surface area (Å²) in [5, 5.41) is 11.4. The van der Waals surface area contributed by atoms with E-state index in [1.54, 1.807) is 4.90 Å². The highest BCUT2D eigenvalue weighted by atomic mass is 32.2. The molecule has 6 nitrogen and oxygen atoms in total. The summed E-state index contributed by atoms with van der Waals surface area (Å²) in [6.07, 6.45) is 1.40. The van der Waals surface area contributed by atoms with E-state index in [0.29, 0.717) is 13.0 Å². The maximum atomic E-state index is 14.0. The van der Waals surface area contributed by atoms with Gasteiger partial charge in [0.25, 0.3) is 0 Å². The standard InChI is InChI=1S/C15H14F2N2O4S2/c1-25(22,23)13-7-12(19(20)21)15(24-13)18-6-5-9(8-18)14-10(16)3-2-4-11(14)17/h2-4,7,9H,5-6,8H2,1H3. The van der Waals surface area contributed by atoms with Gasteiger partial charge in [-0.2, -0.15) is 0 Å². The van der Waals surface area contributed by atoms with Crippen molar-refractivity contribution in [1.29, 1.82) is 0 Å². The van der Waals surface area contributed by atoms with E-state index < -0.39 is 32.3 Å². The lowest BCUT2D eigenvalue weighted by molar-refractivity contribution is -0.383. The van der Waals surface area contributed by atoms with Crippen molar-refractivity contribution in [2.45, 2.75) is 16.5 Å². The van der Waals surface area contributed by atoms with Crippen molar-refractivity contribution in [2.24, 2.45) is 0 Å². The number of hydrogen-bond donors (Lipinski definition) is 0. The molecule has 25 heavy (non-hydrogen) atoms. The molecule has 0 N–H and O–H groups in total. The van der Waals surface area contributed by atoms with Crippen LogP contribution >= 0.6 is 11.3 Å². The maximum Gasteiger partial charge on any atom is 0.305 e. The van der Waals surface area contributed by atoms with Crippen molar-refractivity contribution in [1.82, 2.24) is 0 Å².